The van der Waals surface area contributed by atoms with Crippen molar-refractivity contribution in [3.63, 3.8) is 0 Å². The minimum Gasteiger partial charge on any atom is -0.481 e. The lowest BCUT2D eigenvalue weighted by Crippen LogP contribution is -2.02. The lowest BCUT2D eigenvalue weighted by atomic mass is 10.1. The largest absolute Gasteiger partial charge is 0.481 e. The quantitative estimate of drug-likeness (QED) is 0.674. The molecule has 1 heterocycles. The van der Waals surface area contributed by atoms with Gasteiger partial charge in [0.2, 0.25) is 0 Å². The van der Waals surface area contributed by atoms with Crippen LogP contribution in [0.4, 0.5) is 11.8 Å². The Bertz CT molecular complexity index is 704. The number of aromatic nitrogens is 2. The molecule has 7 heteroatoms. The van der Waals surface area contributed by atoms with Crippen LogP contribution >= 0.6 is 23.2 Å². The average Bonchev–Trinajstić information content (AvgIpc) is 2.46. The SMILES string of the molecule is CCOC(C)=Nc1ncc(Cc2ccc(Cl)c(Cl)c2)c(N)n1. The van der Waals surface area contributed by atoms with Gasteiger partial charge in [0.25, 0.3) is 5.95 Å². The zero-order valence-corrected chi connectivity index (χ0v) is 13.8. The molecule has 0 amide bonds. The second kappa shape index (κ2) is 7.42. The van der Waals surface area contributed by atoms with Crippen LogP contribution in [0.3, 0.4) is 0 Å². The Morgan fingerprint density at radius 3 is 2.73 bits per heavy atom. The van der Waals surface area contributed by atoms with E-state index >= 15 is 0 Å². The molecular formula is C15H16Cl2N4O. The maximum atomic E-state index is 6.01. The van der Waals surface area contributed by atoms with E-state index in [2.05, 4.69) is 15.0 Å². The standard InChI is InChI=1S/C15H16Cl2N4O/c1-3-22-9(2)20-15-19-8-11(14(18)21-15)6-10-4-5-12(16)13(17)7-10/h4-5,7-8H,3,6H2,1-2H3,(H2,18,19,21). The van der Waals surface area contributed by atoms with Crippen LogP contribution in [-0.2, 0) is 11.2 Å². The molecule has 0 bridgehead atoms. The molecule has 0 saturated heterocycles. The Hall–Kier alpha value is -1.85. The first-order chi connectivity index (χ1) is 10.5. The van der Waals surface area contributed by atoms with E-state index in [9.17, 15) is 0 Å². The van der Waals surface area contributed by atoms with Gasteiger partial charge in [0, 0.05) is 25.1 Å². The Kier molecular flexibility index (Phi) is 5.57. The molecule has 0 fully saturated rings. The molecule has 0 spiro atoms. The molecule has 0 atom stereocenters. The second-order valence-corrected chi connectivity index (χ2v) is 5.38. The number of nitrogen functional groups attached to an aromatic ring is 1. The molecule has 22 heavy (non-hydrogen) atoms. The van der Waals surface area contributed by atoms with Gasteiger partial charge in [0.1, 0.15) is 5.82 Å². The Balaban J connectivity index is 2.19. The van der Waals surface area contributed by atoms with Crippen molar-refractivity contribution >= 4 is 40.9 Å². The van der Waals surface area contributed by atoms with E-state index in [-0.39, 0.29) is 5.95 Å². The van der Waals surface area contributed by atoms with E-state index in [0.717, 1.165) is 11.1 Å². The van der Waals surface area contributed by atoms with Crippen LogP contribution in [0.1, 0.15) is 25.0 Å². The molecule has 116 valence electrons. The summed E-state index contributed by atoms with van der Waals surface area (Å²) in [7, 11) is 0. The highest BCUT2D eigenvalue weighted by atomic mass is 35.5. The Morgan fingerprint density at radius 1 is 1.32 bits per heavy atom. The number of aliphatic imine (C=N–C) groups is 1. The minimum absolute atomic E-state index is 0.279. The van der Waals surface area contributed by atoms with Crippen LogP contribution in [-0.4, -0.2) is 22.5 Å². The van der Waals surface area contributed by atoms with Crippen LogP contribution in [0, 0.1) is 0 Å². The summed E-state index contributed by atoms with van der Waals surface area (Å²) in [4.78, 5) is 12.5. The molecule has 0 aliphatic carbocycles. The first-order valence-corrected chi connectivity index (χ1v) is 7.48. The third-order valence-electron chi connectivity index (χ3n) is 2.87. The van der Waals surface area contributed by atoms with Crippen LogP contribution < -0.4 is 5.73 Å². The van der Waals surface area contributed by atoms with Crippen molar-refractivity contribution in [1.82, 2.24) is 9.97 Å². The van der Waals surface area contributed by atoms with Crippen molar-refractivity contribution in [2.45, 2.75) is 20.3 Å². The summed E-state index contributed by atoms with van der Waals surface area (Å²) in [5.41, 5.74) is 7.74. The van der Waals surface area contributed by atoms with Gasteiger partial charge >= 0.3 is 0 Å². The van der Waals surface area contributed by atoms with E-state index in [1.807, 2.05) is 13.0 Å². The minimum atomic E-state index is 0.279. The molecule has 1 aromatic carbocycles. The summed E-state index contributed by atoms with van der Waals surface area (Å²) in [6.45, 7) is 4.17. The van der Waals surface area contributed by atoms with E-state index in [4.69, 9.17) is 33.7 Å². The van der Waals surface area contributed by atoms with Gasteiger partial charge in [0.05, 0.1) is 16.7 Å². The summed E-state index contributed by atoms with van der Waals surface area (Å²) in [6, 6.07) is 5.44. The summed E-state index contributed by atoms with van der Waals surface area (Å²) >= 11 is 11.9. The molecule has 0 aliphatic heterocycles. The summed E-state index contributed by atoms with van der Waals surface area (Å²) in [5.74, 6) is 1.16. The molecule has 2 N–H and O–H groups in total. The lowest BCUT2D eigenvalue weighted by Gasteiger charge is -2.07. The van der Waals surface area contributed by atoms with Crippen molar-refractivity contribution < 1.29 is 4.74 Å². The Morgan fingerprint density at radius 2 is 2.09 bits per heavy atom. The number of nitrogens with two attached hydrogens (primary N) is 1. The maximum absolute atomic E-state index is 6.01. The van der Waals surface area contributed by atoms with Crippen molar-refractivity contribution in [3.8, 4) is 0 Å². The smallest absolute Gasteiger partial charge is 0.254 e. The summed E-state index contributed by atoms with van der Waals surface area (Å²) < 4.78 is 5.24. The monoisotopic (exact) mass is 338 g/mol. The zero-order valence-electron chi connectivity index (χ0n) is 12.3. The molecule has 0 radical (unpaired) electrons. The van der Waals surface area contributed by atoms with Gasteiger partial charge in [0.15, 0.2) is 5.90 Å². The van der Waals surface area contributed by atoms with Crippen molar-refractivity contribution in [2.24, 2.45) is 4.99 Å². The summed E-state index contributed by atoms with van der Waals surface area (Å²) in [6.07, 6.45) is 2.22. The predicted octanol–water partition coefficient (Wildman–Crippen LogP) is 4.04. The number of anilines is 1. The van der Waals surface area contributed by atoms with Gasteiger partial charge in [-0.25, -0.2) is 4.98 Å². The number of nitrogens with zero attached hydrogens (tertiary/aromatic N) is 3. The molecule has 0 unspecified atom stereocenters. The van der Waals surface area contributed by atoms with E-state index in [1.165, 1.54) is 0 Å². The van der Waals surface area contributed by atoms with Gasteiger partial charge in [-0.15, -0.1) is 0 Å². The fraction of sp³-hybridized carbons (Fsp3) is 0.267. The van der Waals surface area contributed by atoms with E-state index in [0.29, 0.717) is 34.8 Å². The number of benzene rings is 1. The van der Waals surface area contributed by atoms with E-state index in [1.54, 1.807) is 25.3 Å². The van der Waals surface area contributed by atoms with E-state index < -0.39 is 0 Å². The fourth-order valence-electron chi connectivity index (χ4n) is 1.85. The number of halogens is 2. The van der Waals surface area contributed by atoms with Crippen LogP contribution in [0.5, 0.6) is 0 Å². The van der Waals surface area contributed by atoms with Gasteiger partial charge in [-0.3, -0.25) is 0 Å². The first kappa shape index (κ1) is 16.5. The molecule has 5 nitrogen and oxygen atoms in total. The number of hydrogen-bond acceptors (Lipinski definition) is 5. The lowest BCUT2D eigenvalue weighted by molar-refractivity contribution is 0.324. The normalized spacial score (nSPS) is 11.5. The molecular weight excluding hydrogens is 323 g/mol. The van der Waals surface area contributed by atoms with Crippen molar-refractivity contribution in [2.75, 3.05) is 12.3 Å². The predicted molar refractivity (Wildman–Crippen MR) is 90.1 cm³/mol. The Labute approximate surface area is 139 Å². The van der Waals surface area contributed by atoms with Gasteiger partial charge < -0.3 is 10.5 Å². The highest BCUT2D eigenvalue weighted by molar-refractivity contribution is 6.42. The first-order valence-electron chi connectivity index (χ1n) is 6.73. The highest BCUT2D eigenvalue weighted by Crippen LogP contribution is 2.25. The average molecular weight is 339 g/mol. The topological polar surface area (TPSA) is 73.4 Å². The fourth-order valence-corrected chi connectivity index (χ4v) is 2.17. The second-order valence-electron chi connectivity index (χ2n) is 4.57. The van der Waals surface area contributed by atoms with Gasteiger partial charge in [-0.05, 0) is 24.6 Å². The molecule has 1 aromatic heterocycles. The highest BCUT2D eigenvalue weighted by Gasteiger charge is 2.07. The number of hydrogen-bond donors (Lipinski definition) is 1. The van der Waals surface area contributed by atoms with Crippen LogP contribution in [0.25, 0.3) is 0 Å². The molecule has 0 aliphatic rings. The summed E-state index contributed by atoms with van der Waals surface area (Å²) in [5, 5.41) is 1.03. The molecule has 2 aromatic rings. The molecule has 2 rings (SSSR count). The van der Waals surface area contributed by atoms with Gasteiger partial charge in [-0.2, -0.15) is 9.98 Å². The third-order valence-corrected chi connectivity index (χ3v) is 3.61. The molecule has 0 saturated carbocycles. The zero-order chi connectivity index (χ0) is 16.1. The maximum Gasteiger partial charge on any atom is 0.254 e. The third kappa shape index (κ3) is 4.32. The van der Waals surface area contributed by atoms with Crippen LogP contribution in [0.2, 0.25) is 10.0 Å². The van der Waals surface area contributed by atoms with Crippen molar-refractivity contribution in [3.05, 3.63) is 45.6 Å². The number of rotatable bonds is 4. The van der Waals surface area contributed by atoms with Gasteiger partial charge in [-0.1, -0.05) is 29.3 Å². The van der Waals surface area contributed by atoms with Crippen molar-refractivity contribution in [1.29, 1.82) is 0 Å². The van der Waals surface area contributed by atoms with Crippen LogP contribution in [0.15, 0.2) is 29.4 Å². The number of ether oxygens (including phenoxy) is 1.